The Bertz CT molecular complexity index is 251. The summed E-state index contributed by atoms with van der Waals surface area (Å²) in [6, 6.07) is 0.778. The van der Waals surface area contributed by atoms with E-state index < -0.39 is 14.2 Å². The van der Waals surface area contributed by atoms with Crippen LogP contribution in [0.3, 0.4) is 0 Å². The predicted molar refractivity (Wildman–Crippen MR) is 76.5 cm³/mol. The Kier molecular flexibility index (Phi) is 8.12. The number of carbonyl (C=O) groups excluding carboxylic acids is 1. The molecule has 0 aliphatic carbocycles. The zero-order chi connectivity index (χ0) is 14.2. The van der Waals surface area contributed by atoms with E-state index in [1.807, 2.05) is 13.8 Å². The molecule has 0 aromatic heterocycles. The smallest absolute Gasteiger partial charge is 0.377 e. The zero-order valence-electron chi connectivity index (χ0n) is 11.9. The molecule has 0 radical (unpaired) electrons. The van der Waals surface area contributed by atoms with Gasteiger partial charge in [0.25, 0.3) is 0 Å². The van der Waals surface area contributed by atoms with Crippen molar-refractivity contribution in [2.24, 2.45) is 11.1 Å². The van der Waals surface area contributed by atoms with E-state index >= 15 is 0 Å². The maximum atomic E-state index is 11.1. The summed E-state index contributed by atoms with van der Waals surface area (Å²) in [6.45, 7) is 3.72. The minimum Gasteiger partial charge on any atom is -0.377 e. The first-order valence-electron chi connectivity index (χ1n) is 5.86. The molecule has 0 saturated heterocycles. The van der Waals surface area contributed by atoms with E-state index in [-0.39, 0.29) is 5.91 Å². The summed E-state index contributed by atoms with van der Waals surface area (Å²) in [7, 11) is 2.40. The second-order valence-corrected chi connectivity index (χ2v) is 8.90. The van der Waals surface area contributed by atoms with Crippen molar-refractivity contribution in [1.29, 1.82) is 0 Å². The number of amides is 1. The fourth-order valence-electron chi connectivity index (χ4n) is 1.35. The average Bonchev–Trinajstić information content (AvgIpc) is 2.34. The van der Waals surface area contributed by atoms with Crippen molar-refractivity contribution in [3.63, 3.8) is 0 Å². The lowest BCUT2D eigenvalue weighted by Gasteiger charge is -2.24. The summed E-state index contributed by atoms with van der Waals surface area (Å²) in [6.07, 6.45) is 0.932. The van der Waals surface area contributed by atoms with E-state index in [2.05, 4.69) is 0 Å². The molecule has 0 aliphatic rings. The van der Waals surface area contributed by atoms with Crippen molar-refractivity contribution in [1.82, 2.24) is 0 Å². The first-order chi connectivity index (χ1) is 8.33. The molecule has 108 valence electrons. The normalized spacial score (nSPS) is 12.7. The minimum atomic E-state index is -2.44. The Morgan fingerprint density at radius 1 is 1.22 bits per heavy atom. The molecule has 0 rings (SSSR count). The number of primary amides is 1. The van der Waals surface area contributed by atoms with Gasteiger partial charge in [0.1, 0.15) is 0 Å². The molecule has 0 unspecified atom stereocenters. The predicted octanol–water partition coefficient (Wildman–Crippen LogP) is 1.50. The highest BCUT2D eigenvalue weighted by Gasteiger charge is 2.36. The third-order valence-electron chi connectivity index (χ3n) is 2.83. The Morgan fingerprint density at radius 2 is 1.72 bits per heavy atom. The maximum absolute atomic E-state index is 11.1. The lowest BCUT2D eigenvalue weighted by atomic mass is 9.96. The lowest BCUT2D eigenvalue weighted by Crippen LogP contribution is -2.42. The van der Waals surface area contributed by atoms with Crippen LogP contribution >= 0.6 is 11.8 Å². The standard InChI is InChI=1S/C11H25NO4SSi/c1-11(2,10(12)13)9-17-7-6-8-18(14-3,15-4)16-5/h6-9H2,1-5H3,(H2,12,13). The molecule has 0 heterocycles. The number of hydrogen-bond acceptors (Lipinski definition) is 5. The van der Waals surface area contributed by atoms with Crippen LogP contribution in [0.1, 0.15) is 20.3 Å². The van der Waals surface area contributed by atoms with Gasteiger partial charge in [-0.05, 0) is 12.2 Å². The van der Waals surface area contributed by atoms with Crippen molar-refractivity contribution >= 4 is 26.5 Å². The average molecular weight is 295 g/mol. The number of nitrogens with two attached hydrogens (primary N) is 1. The highest BCUT2D eigenvalue weighted by Crippen LogP contribution is 2.23. The lowest BCUT2D eigenvalue weighted by molar-refractivity contribution is -0.124. The number of thioether (sulfide) groups is 1. The highest BCUT2D eigenvalue weighted by atomic mass is 32.2. The summed E-state index contributed by atoms with van der Waals surface area (Å²) in [5.74, 6) is 1.40. The Hall–Kier alpha value is -0.0831. The van der Waals surface area contributed by atoms with E-state index in [1.54, 1.807) is 33.1 Å². The van der Waals surface area contributed by atoms with Crippen LogP contribution in [-0.4, -0.2) is 47.5 Å². The van der Waals surface area contributed by atoms with Crippen LogP contribution < -0.4 is 5.73 Å². The van der Waals surface area contributed by atoms with Gasteiger partial charge in [0.2, 0.25) is 5.91 Å². The maximum Gasteiger partial charge on any atom is 0.500 e. The molecule has 0 aromatic carbocycles. The van der Waals surface area contributed by atoms with Crippen LogP contribution in [0.15, 0.2) is 0 Å². The van der Waals surface area contributed by atoms with Gasteiger partial charge in [-0.1, -0.05) is 13.8 Å². The van der Waals surface area contributed by atoms with Crippen molar-refractivity contribution in [2.75, 3.05) is 32.8 Å². The largest absolute Gasteiger partial charge is 0.500 e. The fourth-order valence-corrected chi connectivity index (χ4v) is 4.47. The Labute approximate surface area is 115 Å². The van der Waals surface area contributed by atoms with E-state index in [0.29, 0.717) is 0 Å². The molecule has 0 aromatic rings. The summed E-state index contributed by atoms with van der Waals surface area (Å²) in [4.78, 5) is 11.1. The SMILES string of the molecule is CO[Si](CCCSCC(C)(C)C(N)=O)(OC)OC. The van der Waals surface area contributed by atoms with E-state index in [4.69, 9.17) is 19.0 Å². The molecule has 2 N–H and O–H groups in total. The second kappa shape index (κ2) is 8.16. The van der Waals surface area contributed by atoms with Crippen molar-refractivity contribution in [3.8, 4) is 0 Å². The van der Waals surface area contributed by atoms with Crippen LogP contribution in [0.4, 0.5) is 0 Å². The molecular formula is C11H25NO4SSi. The first kappa shape index (κ1) is 17.9. The van der Waals surface area contributed by atoms with Gasteiger partial charge in [-0.2, -0.15) is 11.8 Å². The first-order valence-corrected chi connectivity index (χ1v) is 8.95. The van der Waals surface area contributed by atoms with Crippen molar-refractivity contribution in [3.05, 3.63) is 0 Å². The zero-order valence-corrected chi connectivity index (χ0v) is 13.8. The van der Waals surface area contributed by atoms with Crippen LogP contribution in [0.2, 0.25) is 6.04 Å². The summed E-state index contributed by atoms with van der Waals surface area (Å²) >= 11 is 1.72. The van der Waals surface area contributed by atoms with Gasteiger partial charge in [0.05, 0.1) is 5.41 Å². The number of hydrogen-bond donors (Lipinski definition) is 1. The minimum absolute atomic E-state index is 0.260. The Morgan fingerprint density at radius 3 is 2.11 bits per heavy atom. The monoisotopic (exact) mass is 295 g/mol. The number of carbonyl (C=O) groups is 1. The van der Waals surface area contributed by atoms with E-state index in [1.165, 1.54) is 0 Å². The van der Waals surface area contributed by atoms with Crippen LogP contribution in [0.25, 0.3) is 0 Å². The van der Waals surface area contributed by atoms with Gasteiger partial charge in [0, 0.05) is 33.1 Å². The van der Waals surface area contributed by atoms with Crippen molar-refractivity contribution < 1.29 is 18.1 Å². The molecular weight excluding hydrogens is 270 g/mol. The summed E-state index contributed by atoms with van der Waals surface area (Å²) in [5, 5.41) is 0. The van der Waals surface area contributed by atoms with Gasteiger partial charge in [-0.15, -0.1) is 0 Å². The topological polar surface area (TPSA) is 70.8 Å². The third-order valence-corrected chi connectivity index (χ3v) is 7.17. The molecule has 5 nitrogen and oxygen atoms in total. The molecule has 18 heavy (non-hydrogen) atoms. The van der Waals surface area contributed by atoms with Gasteiger partial charge in [0.15, 0.2) is 0 Å². The van der Waals surface area contributed by atoms with E-state index in [0.717, 1.165) is 24.0 Å². The van der Waals surface area contributed by atoms with Crippen LogP contribution in [0, 0.1) is 5.41 Å². The van der Waals surface area contributed by atoms with E-state index in [9.17, 15) is 4.79 Å². The molecule has 0 spiro atoms. The summed E-state index contributed by atoms with van der Waals surface area (Å²) < 4.78 is 16.0. The second-order valence-electron chi connectivity index (χ2n) is 4.70. The molecule has 0 atom stereocenters. The van der Waals surface area contributed by atoms with Gasteiger partial charge >= 0.3 is 8.80 Å². The fraction of sp³-hybridized carbons (Fsp3) is 0.909. The van der Waals surface area contributed by atoms with Gasteiger partial charge < -0.3 is 19.0 Å². The molecule has 0 saturated carbocycles. The van der Waals surface area contributed by atoms with Crippen LogP contribution in [0.5, 0.6) is 0 Å². The quantitative estimate of drug-likeness (QED) is 0.488. The summed E-state index contributed by atoms with van der Waals surface area (Å²) in [5.41, 5.74) is 4.86. The molecule has 0 fully saturated rings. The molecule has 1 amide bonds. The van der Waals surface area contributed by atoms with Crippen molar-refractivity contribution in [2.45, 2.75) is 26.3 Å². The highest BCUT2D eigenvalue weighted by molar-refractivity contribution is 7.99. The third kappa shape index (κ3) is 5.70. The number of rotatable bonds is 10. The van der Waals surface area contributed by atoms with Gasteiger partial charge in [-0.25, -0.2) is 0 Å². The van der Waals surface area contributed by atoms with Crippen LogP contribution in [-0.2, 0) is 18.1 Å². The molecule has 0 aliphatic heterocycles. The molecule has 7 heteroatoms. The molecule has 0 bridgehead atoms. The Balaban J connectivity index is 3.90. The van der Waals surface area contributed by atoms with Gasteiger partial charge in [-0.3, -0.25) is 4.79 Å².